The molecule has 1 amide bonds. The fraction of sp³-hybridized carbons (Fsp3) is 0.263. The zero-order valence-corrected chi connectivity index (χ0v) is 15.3. The Balaban J connectivity index is 1.51. The van der Waals surface area contributed by atoms with E-state index in [1.165, 1.54) is 11.3 Å². The topological polar surface area (TPSA) is 71.3 Å². The second-order valence-electron chi connectivity index (χ2n) is 6.12. The molecule has 0 aliphatic carbocycles. The second-order valence-corrected chi connectivity index (χ2v) is 7.13. The number of aromatic nitrogens is 1. The number of amides is 1. The highest BCUT2D eigenvalue weighted by molar-refractivity contribution is 7.16. The molecule has 0 radical (unpaired) electrons. The van der Waals surface area contributed by atoms with Crippen LogP contribution in [0.25, 0.3) is 10.2 Å². The molecule has 138 valence electrons. The summed E-state index contributed by atoms with van der Waals surface area (Å²) in [6.07, 6.45) is -0.757. The van der Waals surface area contributed by atoms with E-state index in [1.54, 1.807) is 6.07 Å². The van der Waals surface area contributed by atoms with Gasteiger partial charge in [-0.3, -0.25) is 4.79 Å². The fourth-order valence-electron chi connectivity index (χ4n) is 3.16. The Kier molecular flexibility index (Phi) is 3.78. The first-order valence-corrected chi connectivity index (χ1v) is 9.44. The van der Waals surface area contributed by atoms with Crippen molar-refractivity contribution in [3.8, 4) is 23.0 Å². The third-order valence-corrected chi connectivity index (χ3v) is 5.52. The van der Waals surface area contributed by atoms with Gasteiger partial charge in [-0.1, -0.05) is 23.5 Å². The number of benzene rings is 2. The van der Waals surface area contributed by atoms with Gasteiger partial charge in [0, 0.05) is 18.7 Å². The minimum atomic E-state index is -0.757. The van der Waals surface area contributed by atoms with E-state index >= 15 is 0 Å². The highest BCUT2D eigenvalue weighted by Gasteiger charge is 2.27. The summed E-state index contributed by atoms with van der Waals surface area (Å²) in [5.41, 5.74) is 0.962. The summed E-state index contributed by atoms with van der Waals surface area (Å²) in [6.45, 7) is 3.06. The van der Waals surface area contributed by atoms with Crippen LogP contribution in [0.4, 0.5) is 0 Å². The molecule has 0 N–H and O–H groups in total. The lowest BCUT2D eigenvalue weighted by molar-refractivity contribution is -0.127. The Bertz CT molecular complexity index is 1120. The van der Waals surface area contributed by atoms with Crippen LogP contribution in [0.3, 0.4) is 0 Å². The van der Waals surface area contributed by atoms with Gasteiger partial charge in [0.05, 0.1) is 10.2 Å². The average Bonchev–Trinajstić information content (AvgIpc) is 3.28. The number of rotatable bonds is 2. The van der Waals surface area contributed by atoms with Crippen LogP contribution < -0.4 is 23.7 Å². The number of ether oxygens (including phenoxy) is 4. The lowest BCUT2D eigenvalue weighted by atomic mass is 10.2. The maximum atomic E-state index is 12.7. The molecule has 2 aliphatic heterocycles. The normalized spacial score (nSPS) is 18.1. The van der Waals surface area contributed by atoms with Gasteiger partial charge in [-0.15, -0.1) is 0 Å². The summed E-state index contributed by atoms with van der Waals surface area (Å²) in [7, 11) is 0. The third kappa shape index (κ3) is 2.73. The van der Waals surface area contributed by atoms with Crippen molar-refractivity contribution in [3.63, 3.8) is 0 Å². The van der Waals surface area contributed by atoms with E-state index in [0.717, 1.165) is 10.2 Å². The molecule has 27 heavy (non-hydrogen) atoms. The van der Waals surface area contributed by atoms with Gasteiger partial charge in [0.25, 0.3) is 5.91 Å². The molecule has 2 aliphatic rings. The molecule has 7 nitrogen and oxygen atoms in total. The number of nitrogens with zero attached hydrogens (tertiary/aromatic N) is 2. The van der Waals surface area contributed by atoms with Gasteiger partial charge >= 0.3 is 0 Å². The molecule has 3 aromatic rings. The van der Waals surface area contributed by atoms with Gasteiger partial charge < -0.3 is 23.5 Å². The van der Waals surface area contributed by atoms with E-state index in [2.05, 4.69) is 4.99 Å². The van der Waals surface area contributed by atoms with E-state index in [1.807, 2.05) is 41.8 Å². The van der Waals surface area contributed by atoms with Gasteiger partial charge in [0.2, 0.25) is 12.9 Å². The number of hydrogen-bond donors (Lipinski definition) is 0. The molecule has 0 saturated heterocycles. The summed E-state index contributed by atoms with van der Waals surface area (Å²) in [5, 5.41) is 0. The summed E-state index contributed by atoms with van der Waals surface area (Å²) in [6, 6.07) is 11.1. The number of thiazole rings is 1. The number of hydrogen-bond acceptors (Lipinski definition) is 6. The first kappa shape index (κ1) is 16.2. The van der Waals surface area contributed by atoms with Crippen molar-refractivity contribution in [1.82, 2.24) is 4.57 Å². The van der Waals surface area contributed by atoms with Crippen LogP contribution in [0, 0.1) is 0 Å². The van der Waals surface area contributed by atoms with Gasteiger partial charge in [-0.2, -0.15) is 4.99 Å². The Morgan fingerprint density at radius 1 is 1.15 bits per heavy atom. The van der Waals surface area contributed by atoms with E-state index in [-0.39, 0.29) is 19.3 Å². The van der Waals surface area contributed by atoms with Gasteiger partial charge in [0.15, 0.2) is 27.8 Å². The van der Waals surface area contributed by atoms with Crippen molar-refractivity contribution in [2.24, 2.45) is 4.99 Å². The molecule has 0 spiro atoms. The molecule has 0 unspecified atom stereocenters. The van der Waals surface area contributed by atoms with Crippen molar-refractivity contribution < 1.29 is 23.7 Å². The van der Waals surface area contributed by atoms with Crippen molar-refractivity contribution in [3.05, 3.63) is 41.2 Å². The standard InChI is InChI=1S/C19H16N2O5S/c1-2-21-11-7-14-15(25-10-24-14)8-17(11)27-19(21)20-18(22)16-9-23-12-5-3-4-6-13(12)26-16/h3-8,16H,2,9-10H2,1H3/t16-/m0/s1. The maximum Gasteiger partial charge on any atom is 0.292 e. The first-order chi connectivity index (χ1) is 13.2. The molecule has 2 aromatic carbocycles. The lowest BCUT2D eigenvalue weighted by Gasteiger charge is -2.23. The molecule has 0 fully saturated rings. The smallest absolute Gasteiger partial charge is 0.292 e. The summed E-state index contributed by atoms with van der Waals surface area (Å²) in [4.78, 5) is 17.6. The SMILES string of the molecule is CCn1c(=NC(=O)[C@@H]2COc3ccccc3O2)sc2cc3c(cc21)OCO3. The highest BCUT2D eigenvalue weighted by Crippen LogP contribution is 2.37. The number of fused-ring (bicyclic) bond motifs is 3. The van der Waals surface area contributed by atoms with Gasteiger partial charge in [0.1, 0.15) is 6.61 Å². The van der Waals surface area contributed by atoms with Crippen LogP contribution in [-0.2, 0) is 11.3 Å². The van der Waals surface area contributed by atoms with Crippen LogP contribution in [0.5, 0.6) is 23.0 Å². The fourth-order valence-corrected chi connectivity index (χ4v) is 4.27. The highest BCUT2D eigenvalue weighted by atomic mass is 32.1. The third-order valence-electron chi connectivity index (χ3n) is 4.48. The summed E-state index contributed by atoms with van der Waals surface area (Å²) in [5.74, 6) is 2.26. The molecule has 0 bridgehead atoms. The monoisotopic (exact) mass is 384 g/mol. The molecular formula is C19H16N2O5S. The second kappa shape index (κ2) is 6.31. The molecule has 1 atom stereocenters. The minimum absolute atomic E-state index is 0.145. The Morgan fingerprint density at radius 3 is 2.74 bits per heavy atom. The van der Waals surface area contributed by atoms with Gasteiger partial charge in [-0.25, -0.2) is 0 Å². The summed E-state index contributed by atoms with van der Waals surface area (Å²) >= 11 is 1.44. The first-order valence-electron chi connectivity index (χ1n) is 8.63. The zero-order valence-electron chi connectivity index (χ0n) is 14.5. The molecule has 0 saturated carbocycles. The number of para-hydroxylation sites is 2. The van der Waals surface area contributed by atoms with Crippen LogP contribution in [0.1, 0.15) is 6.92 Å². The van der Waals surface area contributed by atoms with Crippen LogP contribution in [0.15, 0.2) is 41.4 Å². The number of carbonyl (C=O) groups excluding carboxylic acids is 1. The van der Waals surface area contributed by atoms with Crippen LogP contribution in [0.2, 0.25) is 0 Å². The molecular weight excluding hydrogens is 368 g/mol. The predicted molar refractivity (Wildman–Crippen MR) is 98.5 cm³/mol. The van der Waals surface area contributed by atoms with E-state index in [0.29, 0.717) is 34.3 Å². The van der Waals surface area contributed by atoms with Gasteiger partial charge in [-0.05, 0) is 19.1 Å². The molecule has 3 heterocycles. The molecule has 5 rings (SSSR count). The molecule has 8 heteroatoms. The lowest BCUT2D eigenvalue weighted by Crippen LogP contribution is -2.36. The van der Waals surface area contributed by atoms with Crippen molar-refractivity contribution in [2.75, 3.05) is 13.4 Å². The van der Waals surface area contributed by atoms with E-state index in [9.17, 15) is 4.79 Å². The number of carbonyl (C=O) groups is 1. The maximum absolute atomic E-state index is 12.7. The van der Waals surface area contributed by atoms with Crippen LogP contribution in [-0.4, -0.2) is 30.0 Å². The average molecular weight is 384 g/mol. The van der Waals surface area contributed by atoms with Crippen LogP contribution >= 0.6 is 11.3 Å². The van der Waals surface area contributed by atoms with Crippen molar-refractivity contribution in [2.45, 2.75) is 19.6 Å². The summed E-state index contributed by atoms with van der Waals surface area (Å²) < 4.78 is 25.3. The van der Waals surface area contributed by atoms with E-state index < -0.39 is 6.10 Å². The van der Waals surface area contributed by atoms with E-state index in [4.69, 9.17) is 18.9 Å². The number of aryl methyl sites for hydroxylation is 1. The minimum Gasteiger partial charge on any atom is -0.485 e. The Hall–Kier alpha value is -3.00. The Morgan fingerprint density at radius 2 is 1.93 bits per heavy atom. The van der Waals surface area contributed by atoms with Crippen molar-refractivity contribution in [1.29, 1.82) is 0 Å². The largest absolute Gasteiger partial charge is 0.485 e. The zero-order chi connectivity index (χ0) is 18.4. The quantitative estimate of drug-likeness (QED) is 0.679. The predicted octanol–water partition coefficient (Wildman–Crippen LogP) is 2.72. The molecule has 1 aromatic heterocycles. The van der Waals surface area contributed by atoms with Crippen molar-refractivity contribution >= 4 is 27.5 Å². The Labute approximate surface area is 158 Å².